The molecule has 178 valence electrons. The van der Waals surface area contributed by atoms with Gasteiger partial charge in [-0.15, -0.1) is 0 Å². The topological polar surface area (TPSA) is 88.2 Å². The van der Waals surface area contributed by atoms with Gasteiger partial charge in [0.2, 0.25) is 11.6 Å². The Kier molecular flexibility index (Phi) is 5.64. The van der Waals surface area contributed by atoms with E-state index >= 15 is 0 Å². The molecule has 3 amide bonds. The van der Waals surface area contributed by atoms with Crippen LogP contribution in [0.2, 0.25) is 0 Å². The van der Waals surface area contributed by atoms with Gasteiger partial charge in [0.05, 0.1) is 31.2 Å². The molecule has 2 aliphatic heterocycles. The highest BCUT2D eigenvalue weighted by Crippen LogP contribution is 2.46. The van der Waals surface area contributed by atoms with Gasteiger partial charge in [-0.3, -0.25) is 19.3 Å². The highest BCUT2D eigenvalue weighted by atomic mass is 16.5. The maximum absolute atomic E-state index is 14.1. The maximum atomic E-state index is 14.1. The fraction of sp³-hybridized carbons (Fsp3) is 0.222. The molecule has 0 unspecified atom stereocenters. The van der Waals surface area contributed by atoms with E-state index in [2.05, 4.69) is 5.32 Å². The van der Waals surface area contributed by atoms with Gasteiger partial charge < -0.3 is 19.7 Å². The maximum Gasteiger partial charge on any atom is 0.271 e. The van der Waals surface area contributed by atoms with Crippen LogP contribution in [0.4, 0.5) is 11.4 Å². The molecule has 0 aliphatic carbocycles. The van der Waals surface area contributed by atoms with Crippen molar-refractivity contribution in [1.82, 2.24) is 4.90 Å². The van der Waals surface area contributed by atoms with Crippen molar-refractivity contribution in [2.75, 3.05) is 24.4 Å². The van der Waals surface area contributed by atoms with Crippen molar-refractivity contribution >= 4 is 29.1 Å². The van der Waals surface area contributed by atoms with Crippen LogP contribution in [0.15, 0.2) is 72.8 Å². The summed E-state index contributed by atoms with van der Waals surface area (Å²) in [7, 11) is 3.04. The summed E-state index contributed by atoms with van der Waals surface area (Å²) in [6, 6.07) is 21.4. The number of carbonyl (C=O) groups is 3. The monoisotopic (exact) mass is 471 g/mol. The first-order valence-electron chi connectivity index (χ1n) is 11.3. The molecular weight excluding hydrogens is 446 g/mol. The minimum Gasteiger partial charge on any atom is -0.497 e. The smallest absolute Gasteiger partial charge is 0.271 e. The summed E-state index contributed by atoms with van der Waals surface area (Å²) < 4.78 is 10.7. The number of anilines is 2. The SMILES string of the molecule is COc1ccc(NC(=O)[C@@]23CCC(=O)N2c2ccccc2C(=O)N3Cc2ccccc2)c(OC)c1. The molecule has 0 aromatic heterocycles. The third-order valence-corrected chi connectivity index (χ3v) is 6.58. The zero-order valence-electron chi connectivity index (χ0n) is 19.5. The number of nitrogens with one attached hydrogen (secondary N) is 1. The van der Waals surface area contributed by atoms with E-state index in [0.29, 0.717) is 28.4 Å². The summed E-state index contributed by atoms with van der Waals surface area (Å²) in [4.78, 5) is 44.1. The number of hydrogen-bond donors (Lipinski definition) is 1. The summed E-state index contributed by atoms with van der Waals surface area (Å²) in [6.45, 7) is 0.172. The van der Waals surface area contributed by atoms with Crippen LogP contribution in [0.5, 0.6) is 11.5 Å². The number of amides is 3. The molecule has 35 heavy (non-hydrogen) atoms. The van der Waals surface area contributed by atoms with Gasteiger partial charge in [-0.2, -0.15) is 0 Å². The number of para-hydroxylation sites is 1. The van der Waals surface area contributed by atoms with Crippen LogP contribution >= 0.6 is 0 Å². The second-order valence-corrected chi connectivity index (χ2v) is 8.46. The van der Waals surface area contributed by atoms with Crippen molar-refractivity contribution in [3.63, 3.8) is 0 Å². The molecule has 0 saturated carbocycles. The number of fused-ring (bicyclic) bond motifs is 3. The molecule has 1 N–H and O–H groups in total. The summed E-state index contributed by atoms with van der Waals surface area (Å²) >= 11 is 0. The van der Waals surface area contributed by atoms with Gasteiger partial charge in [0, 0.05) is 25.5 Å². The highest BCUT2D eigenvalue weighted by molar-refractivity contribution is 6.18. The van der Waals surface area contributed by atoms with Gasteiger partial charge in [0.15, 0.2) is 0 Å². The van der Waals surface area contributed by atoms with Crippen LogP contribution in [0.3, 0.4) is 0 Å². The lowest BCUT2D eigenvalue weighted by atomic mass is 9.94. The van der Waals surface area contributed by atoms with Crippen molar-refractivity contribution < 1.29 is 23.9 Å². The Morgan fingerprint density at radius 1 is 0.971 bits per heavy atom. The average molecular weight is 472 g/mol. The van der Waals surface area contributed by atoms with E-state index in [4.69, 9.17) is 9.47 Å². The van der Waals surface area contributed by atoms with Crippen molar-refractivity contribution in [3.05, 3.63) is 83.9 Å². The second kappa shape index (κ2) is 8.79. The van der Waals surface area contributed by atoms with E-state index in [0.717, 1.165) is 5.56 Å². The van der Waals surface area contributed by atoms with E-state index in [1.807, 2.05) is 30.3 Å². The Labute approximate surface area is 203 Å². The quantitative estimate of drug-likeness (QED) is 0.591. The molecule has 8 heteroatoms. The molecule has 2 aliphatic rings. The first kappa shape index (κ1) is 22.5. The molecule has 3 aromatic carbocycles. The second-order valence-electron chi connectivity index (χ2n) is 8.46. The van der Waals surface area contributed by atoms with Gasteiger partial charge in [-0.25, -0.2) is 0 Å². The number of rotatable bonds is 6. The van der Waals surface area contributed by atoms with Crippen molar-refractivity contribution in [2.45, 2.75) is 25.0 Å². The van der Waals surface area contributed by atoms with E-state index in [9.17, 15) is 14.4 Å². The molecule has 1 saturated heterocycles. The molecule has 3 aromatic rings. The number of methoxy groups -OCH3 is 2. The Morgan fingerprint density at radius 2 is 1.71 bits per heavy atom. The lowest BCUT2D eigenvalue weighted by Gasteiger charge is -2.49. The largest absolute Gasteiger partial charge is 0.497 e. The molecule has 0 radical (unpaired) electrons. The summed E-state index contributed by atoms with van der Waals surface area (Å²) in [5, 5.41) is 2.93. The Balaban J connectivity index is 1.63. The summed E-state index contributed by atoms with van der Waals surface area (Å²) in [5.74, 6) is -0.0111. The minimum absolute atomic E-state index is 0.139. The predicted molar refractivity (Wildman–Crippen MR) is 130 cm³/mol. The normalized spacial score (nSPS) is 18.7. The number of benzene rings is 3. The van der Waals surface area contributed by atoms with Gasteiger partial charge in [-0.05, 0) is 29.8 Å². The van der Waals surface area contributed by atoms with Crippen LogP contribution in [0, 0.1) is 0 Å². The van der Waals surface area contributed by atoms with Gasteiger partial charge >= 0.3 is 0 Å². The average Bonchev–Trinajstić information content (AvgIpc) is 3.25. The number of carbonyl (C=O) groups excluding carboxylic acids is 3. The molecule has 1 atom stereocenters. The standard InChI is InChI=1S/C27H25N3O5/c1-34-19-12-13-21(23(16-19)35-2)28-26(33)27-15-14-24(31)30(27)22-11-7-6-10-20(22)25(32)29(27)17-18-8-4-3-5-9-18/h3-13,16H,14-15,17H2,1-2H3,(H,28,33)/t27-/m1/s1. The molecular formula is C27H25N3O5. The van der Waals surface area contributed by atoms with Crippen LogP contribution in [0.1, 0.15) is 28.8 Å². The van der Waals surface area contributed by atoms with E-state index in [1.165, 1.54) is 16.9 Å². The van der Waals surface area contributed by atoms with Crippen LogP contribution in [-0.2, 0) is 16.1 Å². The molecule has 0 spiro atoms. The van der Waals surface area contributed by atoms with E-state index in [1.54, 1.807) is 49.6 Å². The number of ether oxygens (including phenoxy) is 2. The molecule has 8 nitrogen and oxygen atoms in total. The summed E-state index contributed by atoms with van der Waals surface area (Å²) in [5.41, 5.74) is 0.584. The lowest BCUT2D eigenvalue weighted by Crippen LogP contribution is -2.69. The third-order valence-electron chi connectivity index (χ3n) is 6.58. The zero-order valence-corrected chi connectivity index (χ0v) is 19.5. The Hall–Kier alpha value is -4.33. The van der Waals surface area contributed by atoms with Gasteiger partial charge in [-0.1, -0.05) is 42.5 Å². The zero-order chi connectivity index (χ0) is 24.6. The fourth-order valence-electron chi connectivity index (χ4n) is 4.89. The Bertz CT molecular complexity index is 1310. The highest BCUT2D eigenvalue weighted by Gasteiger charge is 2.60. The van der Waals surface area contributed by atoms with Crippen LogP contribution < -0.4 is 19.7 Å². The van der Waals surface area contributed by atoms with Crippen molar-refractivity contribution in [1.29, 1.82) is 0 Å². The van der Waals surface area contributed by atoms with E-state index in [-0.39, 0.29) is 31.2 Å². The molecule has 1 fully saturated rings. The number of nitrogens with zero attached hydrogens (tertiary/aromatic N) is 2. The van der Waals surface area contributed by atoms with Crippen LogP contribution in [0.25, 0.3) is 0 Å². The first-order valence-corrected chi connectivity index (χ1v) is 11.3. The van der Waals surface area contributed by atoms with Crippen LogP contribution in [-0.4, -0.2) is 42.5 Å². The van der Waals surface area contributed by atoms with E-state index < -0.39 is 11.6 Å². The first-order chi connectivity index (χ1) is 17.0. The number of hydrogen-bond acceptors (Lipinski definition) is 5. The summed E-state index contributed by atoms with van der Waals surface area (Å²) in [6.07, 6.45) is 0.309. The predicted octanol–water partition coefficient (Wildman–Crippen LogP) is 3.82. The molecule has 5 rings (SSSR count). The van der Waals surface area contributed by atoms with Crippen molar-refractivity contribution in [3.8, 4) is 11.5 Å². The Morgan fingerprint density at radius 3 is 2.46 bits per heavy atom. The fourth-order valence-corrected chi connectivity index (χ4v) is 4.89. The minimum atomic E-state index is -1.52. The molecule has 2 heterocycles. The molecule has 0 bridgehead atoms. The third kappa shape index (κ3) is 3.58. The van der Waals surface area contributed by atoms with Gasteiger partial charge in [0.25, 0.3) is 11.8 Å². The lowest BCUT2D eigenvalue weighted by molar-refractivity contribution is -0.129. The van der Waals surface area contributed by atoms with Gasteiger partial charge in [0.1, 0.15) is 11.5 Å². The van der Waals surface area contributed by atoms with Crippen molar-refractivity contribution in [2.24, 2.45) is 0 Å².